The molecule has 0 radical (unpaired) electrons. The number of carbonyl (C=O) groups excluding carboxylic acids is 2. The molecule has 102 valence electrons. The van der Waals surface area contributed by atoms with Crippen LogP contribution < -0.4 is 0 Å². The van der Waals surface area contributed by atoms with Gasteiger partial charge in [-0.3, -0.25) is 14.5 Å². The second kappa shape index (κ2) is 6.12. The maximum absolute atomic E-state index is 12.1. The van der Waals surface area contributed by atoms with E-state index < -0.39 is 0 Å². The van der Waals surface area contributed by atoms with Gasteiger partial charge in [-0.1, -0.05) is 42.5 Å². The molecule has 1 aliphatic heterocycles. The topological polar surface area (TPSA) is 57.6 Å². The predicted octanol–water partition coefficient (Wildman–Crippen LogP) is 2.09. The molecular weight excluding hydrogens is 254 g/mol. The van der Waals surface area contributed by atoms with E-state index in [9.17, 15) is 9.59 Å². The summed E-state index contributed by atoms with van der Waals surface area (Å²) >= 11 is 0. The van der Waals surface area contributed by atoms with Crippen LogP contribution in [-0.2, 0) is 6.54 Å². The van der Waals surface area contributed by atoms with Crippen LogP contribution in [-0.4, -0.2) is 28.9 Å². The van der Waals surface area contributed by atoms with E-state index in [2.05, 4.69) is 0 Å². The van der Waals surface area contributed by atoms with Gasteiger partial charge in [-0.2, -0.15) is 0 Å². The monoisotopic (exact) mass is 269 g/mol. The van der Waals surface area contributed by atoms with Gasteiger partial charge in [-0.25, -0.2) is 0 Å². The van der Waals surface area contributed by atoms with E-state index in [0.717, 1.165) is 12.7 Å². The standard InChI is InChI=1S/C15H11NO2.CH4O/c17-14-12-8-4-5-9-13(12)15(18)16(14)10-11-6-2-1-3-7-11;1-2/h1-9H,10H2;2H,1H3. The fraction of sp³-hybridized carbons (Fsp3) is 0.125. The van der Waals surface area contributed by atoms with Crippen LogP contribution in [0.1, 0.15) is 26.3 Å². The van der Waals surface area contributed by atoms with Gasteiger partial charge in [-0.15, -0.1) is 0 Å². The second-order valence-electron chi connectivity index (χ2n) is 4.23. The molecule has 2 aromatic rings. The van der Waals surface area contributed by atoms with Crippen molar-refractivity contribution in [2.24, 2.45) is 0 Å². The van der Waals surface area contributed by atoms with Crippen LogP contribution in [0.25, 0.3) is 0 Å². The predicted molar refractivity (Wildman–Crippen MR) is 75.2 cm³/mol. The largest absolute Gasteiger partial charge is 0.400 e. The number of imide groups is 1. The smallest absolute Gasteiger partial charge is 0.261 e. The highest BCUT2D eigenvalue weighted by Crippen LogP contribution is 2.23. The first-order chi connectivity index (χ1) is 9.77. The molecule has 1 heterocycles. The van der Waals surface area contributed by atoms with E-state index in [4.69, 9.17) is 5.11 Å². The molecule has 0 atom stereocenters. The minimum atomic E-state index is -0.209. The average molecular weight is 269 g/mol. The molecule has 0 aliphatic carbocycles. The highest BCUT2D eigenvalue weighted by molar-refractivity contribution is 6.21. The van der Waals surface area contributed by atoms with E-state index in [-0.39, 0.29) is 11.8 Å². The summed E-state index contributed by atoms with van der Waals surface area (Å²) in [6.07, 6.45) is 0. The number of rotatable bonds is 2. The first-order valence-electron chi connectivity index (χ1n) is 6.21. The average Bonchev–Trinajstić information content (AvgIpc) is 2.76. The molecule has 4 heteroatoms. The number of nitrogens with zero attached hydrogens (tertiary/aromatic N) is 1. The number of aliphatic hydroxyl groups is 1. The molecule has 1 aliphatic rings. The van der Waals surface area contributed by atoms with E-state index in [1.165, 1.54) is 4.90 Å². The van der Waals surface area contributed by atoms with Crippen LogP contribution in [0.4, 0.5) is 0 Å². The molecule has 0 saturated heterocycles. The molecule has 0 unspecified atom stereocenters. The Balaban J connectivity index is 0.000000704. The maximum Gasteiger partial charge on any atom is 0.261 e. The van der Waals surface area contributed by atoms with Crippen LogP contribution in [0, 0.1) is 0 Å². The van der Waals surface area contributed by atoms with Gasteiger partial charge < -0.3 is 5.11 Å². The molecule has 0 bridgehead atoms. The quantitative estimate of drug-likeness (QED) is 0.849. The second-order valence-corrected chi connectivity index (χ2v) is 4.23. The Morgan fingerprint density at radius 2 is 1.25 bits per heavy atom. The lowest BCUT2D eigenvalue weighted by Crippen LogP contribution is -2.29. The van der Waals surface area contributed by atoms with Gasteiger partial charge in [0.05, 0.1) is 17.7 Å². The van der Waals surface area contributed by atoms with E-state index in [0.29, 0.717) is 17.7 Å². The first kappa shape index (κ1) is 14.0. The van der Waals surface area contributed by atoms with Gasteiger partial charge in [-0.05, 0) is 17.7 Å². The Morgan fingerprint density at radius 1 is 0.800 bits per heavy atom. The van der Waals surface area contributed by atoms with Crippen molar-refractivity contribution in [1.29, 1.82) is 0 Å². The maximum atomic E-state index is 12.1. The van der Waals surface area contributed by atoms with Crippen molar-refractivity contribution in [2.45, 2.75) is 6.54 Å². The molecule has 3 rings (SSSR count). The molecule has 0 spiro atoms. The fourth-order valence-corrected chi connectivity index (χ4v) is 2.15. The normalized spacial score (nSPS) is 12.8. The van der Waals surface area contributed by atoms with Crippen molar-refractivity contribution in [1.82, 2.24) is 4.90 Å². The van der Waals surface area contributed by atoms with Crippen LogP contribution >= 0.6 is 0 Å². The molecule has 0 fully saturated rings. The molecule has 1 N–H and O–H groups in total. The Labute approximate surface area is 117 Å². The molecule has 2 amide bonds. The molecule has 4 nitrogen and oxygen atoms in total. The minimum absolute atomic E-state index is 0.209. The zero-order valence-corrected chi connectivity index (χ0v) is 11.1. The minimum Gasteiger partial charge on any atom is -0.400 e. The van der Waals surface area contributed by atoms with Crippen LogP contribution in [0.3, 0.4) is 0 Å². The lowest BCUT2D eigenvalue weighted by molar-refractivity contribution is 0.0642. The van der Waals surface area contributed by atoms with Gasteiger partial charge in [0.15, 0.2) is 0 Å². The molecule has 2 aromatic carbocycles. The Kier molecular flexibility index (Phi) is 4.27. The summed E-state index contributed by atoms with van der Waals surface area (Å²) in [6.45, 7) is 0.327. The number of amides is 2. The zero-order chi connectivity index (χ0) is 14.5. The van der Waals surface area contributed by atoms with Crippen molar-refractivity contribution in [3.05, 3.63) is 71.3 Å². The Bertz CT molecular complexity index is 588. The third-order valence-electron chi connectivity index (χ3n) is 3.06. The molecule has 0 saturated carbocycles. The number of hydrogen-bond donors (Lipinski definition) is 1. The third kappa shape index (κ3) is 2.46. The van der Waals surface area contributed by atoms with Crippen LogP contribution in [0.5, 0.6) is 0 Å². The number of fused-ring (bicyclic) bond motifs is 1. The van der Waals surface area contributed by atoms with Gasteiger partial charge >= 0.3 is 0 Å². The number of benzene rings is 2. The Hall–Kier alpha value is -2.46. The fourth-order valence-electron chi connectivity index (χ4n) is 2.15. The van der Waals surface area contributed by atoms with Gasteiger partial charge in [0.2, 0.25) is 0 Å². The SMILES string of the molecule is CO.O=C1c2ccccc2C(=O)N1Cc1ccccc1. The van der Waals surface area contributed by atoms with Crippen LogP contribution in [0.15, 0.2) is 54.6 Å². The highest BCUT2D eigenvalue weighted by Gasteiger charge is 2.34. The summed E-state index contributed by atoms with van der Waals surface area (Å²) in [4.78, 5) is 25.5. The van der Waals surface area contributed by atoms with Crippen molar-refractivity contribution >= 4 is 11.8 Å². The van der Waals surface area contributed by atoms with Crippen molar-refractivity contribution in [3.63, 3.8) is 0 Å². The number of aliphatic hydroxyl groups excluding tert-OH is 1. The van der Waals surface area contributed by atoms with Gasteiger partial charge in [0.1, 0.15) is 0 Å². The lowest BCUT2D eigenvalue weighted by Gasteiger charge is -2.13. The van der Waals surface area contributed by atoms with Crippen molar-refractivity contribution in [3.8, 4) is 0 Å². The van der Waals surface area contributed by atoms with E-state index >= 15 is 0 Å². The summed E-state index contributed by atoms with van der Waals surface area (Å²) in [5.74, 6) is -0.418. The molecular formula is C16H15NO3. The van der Waals surface area contributed by atoms with Gasteiger partial charge in [0.25, 0.3) is 11.8 Å². The summed E-state index contributed by atoms with van der Waals surface area (Å²) in [6, 6.07) is 16.5. The highest BCUT2D eigenvalue weighted by atomic mass is 16.2. The summed E-state index contributed by atoms with van der Waals surface area (Å²) in [5, 5.41) is 7.00. The van der Waals surface area contributed by atoms with E-state index in [1.807, 2.05) is 30.3 Å². The lowest BCUT2D eigenvalue weighted by atomic mass is 10.1. The zero-order valence-electron chi connectivity index (χ0n) is 11.1. The first-order valence-corrected chi connectivity index (χ1v) is 6.21. The van der Waals surface area contributed by atoms with Crippen molar-refractivity contribution in [2.75, 3.05) is 7.11 Å². The number of carbonyl (C=O) groups is 2. The molecule has 20 heavy (non-hydrogen) atoms. The summed E-state index contributed by atoms with van der Waals surface area (Å²) in [7, 11) is 1.00. The molecule has 0 aromatic heterocycles. The van der Waals surface area contributed by atoms with Crippen LogP contribution in [0.2, 0.25) is 0 Å². The third-order valence-corrected chi connectivity index (χ3v) is 3.06. The summed E-state index contributed by atoms with van der Waals surface area (Å²) < 4.78 is 0. The summed E-state index contributed by atoms with van der Waals surface area (Å²) in [5.41, 5.74) is 1.95. The number of hydrogen-bond acceptors (Lipinski definition) is 3. The van der Waals surface area contributed by atoms with E-state index in [1.54, 1.807) is 24.3 Å². The van der Waals surface area contributed by atoms with Crippen molar-refractivity contribution < 1.29 is 14.7 Å². The van der Waals surface area contributed by atoms with Gasteiger partial charge in [0, 0.05) is 7.11 Å². The Morgan fingerprint density at radius 3 is 1.75 bits per heavy atom.